The zero-order valence-corrected chi connectivity index (χ0v) is 11.6. The summed E-state index contributed by atoms with van der Waals surface area (Å²) in [6.45, 7) is 7.04. The second-order valence-electron chi connectivity index (χ2n) is 4.50. The molecule has 0 spiro atoms. The summed E-state index contributed by atoms with van der Waals surface area (Å²) in [6, 6.07) is 0.0219. The van der Waals surface area contributed by atoms with E-state index in [4.69, 9.17) is 4.74 Å². The lowest BCUT2D eigenvalue weighted by molar-refractivity contribution is -0.156. The predicted molar refractivity (Wildman–Crippen MR) is 69.2 cm³/mol. The summed E-state index contributed by atoms with van der Waals surface area (Å²) in [5.74, 6) is -1.44. The highest BCUT2D eigenvalue weighted by Crippen LogP contribution is 2.08. The van der Waals surface area contributed by atoms with Gasteiger partial charge in [-0.05, 0) is 20.8 Å². The molecular weight excluding hydrogens is 248 g/mol. The molecule has 106 valence electrons. The Morgan fingerprint density at radius 3 is 2.58 bits per heavy atom. The molecule has 1 aliphatic rings. The molecule has 6 heteroatoms. The number of rotatable bonds is 5. The molecule has 1 fully saturated rings. The van der Waals surface area contributed by atoms with Gasteiger partial charge in [-0.3, -0.25) is 9.59 Å². The van der Waals surface area contributed by atoms with Gasteiger partial charge in [0.2, 0.25) is 0 Å². The third kappa shape index (κ3) is 4.08. The minimum atomic E-state index is -0.520. The van der Waals surface area contributed by atoms with E-state index in [-0.39, 0.29) is 12.6 Å². The molecule has 0 bridgehead atoms. The van der Waals surface area contributed by atoms with Crippen LogP contribution in [0.25, 0.3) is 0 Å². The average molecular weight is 268 g/mol. The van der Waals surface area contributed by atoms with Gasteiger partial charge >= 0.3 is 17.8 Å². The fourth-order valence-corrected chi connectivity index (χ4v) is 1.82. The van der Waals surface area contributed by atoms with E-state index in [1.807, 2.05) is 13.8 Å². The molecule has 19 heavy (non-hydrogen) atoms. The van der Waals surface area contributed by atoms with Crippen molar-refractivity contribution in [2.24, 2.45) is 0 Å². The highest BCUT2D eigenvalue weighted by molar-refractivity contribution is 6.35. The van der Waals surface area contributed by atoms with Gasteiger partial charge in [-0.15, -0.1) is 0 Å². The molecule has 0 atom stereocenters. The molecule has 0 aliphatic carbocycles. The topological polar surface area (TPSA) is 66.9 Å². The molecule has 1 aliphatic heterocycles. The first-order chi connectivity index (χ1) is 8.97. The van der Waals surface area contributed by atoms with Crippen molar-refractivity contribution in [1.82, 2.24) is 9.80 Å². The number of amides is 2. The van der Waals surface area contributed by atoms with E-state index in [0.29, 0.717) is 19.7 Å². The molecule has 0 aromatic heterocycles. The van der Waals surface area contributed by atoms with Gasteiger partial charge in [0.15, 0.2) is 0 Å². The Kier molecular flexibility index (Phi) is 5.54. The first-order valence-corrected chi connectivity index (χ1v) is 6.40. The van der Waals surface area contributed by atoms with E-state index in [9.17, 15) is 14.4 Å². The minimum Gasteiger partial charge on any atom is -0.463 e. The standard InChI is InChI=1S/C13H20N2O4/c1-4-19-11(16)6-5-7-14-8-9-15(10(2)3)13(18)12(14)17/h5-6,10H,4,7-9H2,1-3H3/b6-5+. The van der Waals surface area contributed by atoms with Crippen LogP contribution >= 0.6 is 0 Å². The number of piperazine rings is 1. The van der Waals surface area contributed by atoms with Crippen molar-refractivity contribution >= 4 is 17.8 Å². The van der Waals surface area contributed by atoms with Crippen LogP contribution in [-0.2, 0) is 19.1 Å². The minimum absolute atomic E-state index is 0.0219. The second-order valence-corrected chi connectivity index (χ2v) is 4.50. The summed E-state index contributed by atoms with van der Waals surface area (Å²) in [5, 5.41) is 0. The summed E-state index contributed by atoms with van der Waals surface area (Å²) in [5.41, 5.74) is 0. The maximum atomic E-state index is 11.8. The van der Waals surface area contributed by atoms with Crippen molar-refractivity contribution in [2.75, 3.05) is 26.2 Å². The van der Waals surface area contributed by atoms with Gasteiger partial charge < -0.3 is 14.5 Å². The molecule has 1 saturated heterocycles. The quantitative estimate of drug-likeness (QED) is 0.405. The van der Waals surface area contributed by atoms with Crippen molar-refractivity contribution in [1.29, 1.82) is 0 Å². The zero-order chi connectivity index (χ0) is 14.4. The molecule has 0 N–H and O–H groups in total. The molecule has 0 radical (unpaired) electrons. The van der Waals surface area contributed by atoms with Crippen LogP contribution in [0.1, 0.15) is 20.8 Å². The van der Waals surface area contributed by atoms with Crippen LogP contribution in [0.5, 0.6) is 0 Å². The number of hydrogen-bond acceptors (Lipinski definition) is 4. The Balaban J connectivity index is 2.52. The summed E-state index contributed by atoms with van der Waals surface area (Å²) < 4.78 is 4.72. The lowest BCUT2D eigenvalue weighted by atomic mass is 10.2. The summed E-state index contributed by atoms with van der Waals surface area (Å²) >= 11 is 0. The highest BCUT2D eigenvalue weighted by atomic mass is 16.5. The molecule has 0 saturated carbocycles. The fraction of sp³-hybridized carbons (Fsp3) is 0.615. The Hall–Kier alpha value is -1.85. The maximum Gasteiger partial charge on any atom is 0.330 e. The number of hydrogen-bond donors (Lipinski definition) is 0. The number of carbonyl (C=O) groups is 3. The first-order valence-electron chi connectivity index (χ1n) is 6.40. The zero-order valence-electron chi connectivity index (χ0n) is 11.6. The Morgan fingerprint density at radius 2 is 2.00 bits per heavy atom. The number of nitrogens with zero attached hydrogens (tertiary/aromatic N) is 2. The third-order valence-electron chi connectivity index (χ3n) is 2.83. The molecule has 1 rings (SSSR count). The van der Waals surface area contributed by atoms with Crippen LogP contribution in [-0.4, -0.2) is 59.9 Å². The van der Waals surface area contributed by atoms with Gasteiger partial charge in [0.1, 0.15) is 0 Å². The normalized spacial score (nSPS) is 16.6. The van der Waals surface area contributed by atoms with Crippen LogP contribution in [0.15, 0.2) is 12.2 Å². The highest BCUT2D eigenvalue weighted by Gasteiger charge is 2.32. The fourth-order valence-electron chi connectivity index (χ4n) is 1.82. The van der Waals surface area contributed by atoms with Crippen molar-refractivity contribution in [3.05, 3.63) is 12.2 Å². The van der Waals surface area contributed by atoms with Crippen LogP contribution < -0.4 is 0 Å². The van der Waals surface area contributed by atoms with E-state index in [2.05, 4.69) is 0 Å². The molecule has 2 amide bonds. The SMILES string of the molecule is CCOC(=O)/C=C/CN1CCN(C(C)C)C(=O)C1=O. The van der Waals surface area contributed by atoms with E-state index in [1.54, 1.807) is 11.8 Å². The third-order valence-corrected chi connectivity index (χ3v) is 2.83. The van der Waals surface area contributed by atoms with Gasteiger partial charge in [-0.25, -0.2) is 4.79 Å². The van der Waals surface area contributed by atoms with Crippen LogP contribution in [0, 0.1) is 0 Å². The molecule has 0 aromatic rings. The smallest absolute Gasteiger partial charge is 0.330 e. The van der Waals surface area contributed by atoms with E-state index < -0.39 is 17.8 Å². The van der Waals surface area contributed by atoms with Crippen molar-refractivity contribution < 1.29 is 19.1 Å². The Morgan fingerprint density at radius 1 is 1.32 bits per heavy atom. The first kappa shape index (κ1) is 15.2. The van der Waals surface area contributed by atoms with Crippen molar-refractivity contribution in [2.45, 2.75) is 26.8 Å². The van der Waals surface area contributed by atoms with E-state index >= 15 is 0 Å². The molecule has 1 heterocycles. The van der Waals surface area contributed by atoms with Gasteiger partial charge in [-0.1, -0.05) is 6.08 Å². The second kappa shape index (κ2) is 6.92. The number of esters is 1. The van der Waals surface area contributed by atoms with E-state index in [0.717, 1.165) is 0 Å². The monoisotopic (exact) mass is 268 g/mol. The van der Waals surface area contributed by atoms with E-state index in [1.165, 1.54) is 17.1 Å². The van der Waals surface area contributed by atoms with Crippen LogP contribution in [0.4, 0.5) is 0 Å². The van der Waals surface area contributed by atoms with Crippen molar-refractivity contribution in [3.8, 4) is 0 Å². The molecule has 6 nitrogen and oxygen atoms in total. The molecule has 0 unspecified atom stereocenters. The Bertz CT molecular complexity index is 390. The Labute approximate surface area is 113 Å². The average Bonchev–Trinajstić information content (AvgIpc) is 2.34. The maximum absolute atomic E-state index is 11.8. The summed E-state index contributed by atoms with van der Waals surface area (Å²) in [4.78, 5) is 37.7. The number of ether oxygens (including phenoxy) is 1. The van der Waals surface area contributed by atoms with Gasteiger partial charge in [0.05, 0.1) is 6.61 Å². The van der Waals surface area contributed by atoms with Crippen LogP contribution in [0.2, 0.25) is 0 Å². The van der Waals surface area contributed by atoms with Crippen molar-refractivity contribution in [3.63, 3.8) is 0 Å². The lowest BCUT2D eigenvalue weighted by Crippen LogP contribution is -2.56. The summed E-state index contributed by atoms with van der Waals surface area (Å²) in [7, 11) is 0. The predicted octanol–water partition coefficient (Wildman–Crippen LogP) is 0.185. The molecule has 0 aromatic carbocycles. The lowest BCUT2D eigenvalue weighted by Gasteiger charge is -2.35. The summed E-state index contributed by atoms with van der Waals surface area (Å²) in [6.07, 6.45) is 2.81. The van der Waals surface area contributed by atoms with Gasteiger partial charge in [-0.2, -0.15) is 0 Å². The molecular formula is C13H20N2O4. The van der Waals surface area contributed by atoms with Gasteiger partial charge in [0.25, 0.3) is 0 Å². The number of carbonyl (C=O) groups excluding carboxylic acids is 3. The van der Waals surface area contributed by atoms with Crippen LogP contribution in [0.3, 0.4) is 0 Å². The largest absolute Gasteiger partial charge is 0.463 e. The van der Waals surface area contributed by atoms with Gasteiger partial charge in [0, 0.05) is 31.8 Å².